The number of aromatic hydroxyl groups is 1. The molecule has 0 radical (unpaired) electrons. The van der Waals surface area contributed by atoms with Crippen molar-refractivity contribution in [2.45, 2.75) is 18.9 Å². The van der Waals surface area contributed by atoms with Crippen LogP contribution in [-0.2, 0) is 9.84 Å². The van der Waals surface area contributed by atoms with Gasteiger partial charge in [-0.25, -0.2) is 8.42 Å². The number of halogens is 1. The first-order valence-corrected chi connectivity index (χ1v) is 8.48. The van der Waals surface area contributed by atoms with Gasteiger partial charge in [0.05, 0.1) is 16.0 Å². The fraction of sp³-hybridized carbons (Fsp3) is 0.417. The van der Waals surface area contributed by atoms with E-state index in [1.54, 1.807) is 12.1 Å². The maximum Gasteiger partial charge on any atom is 0.251 e. The third kappa shape index (κ3) is 3.70. The lowest BCUT2D eigenvalue weighted by molar-refractivity contribution is 0.0938. The van der Waals surface area contributed by atoms with E-state index >= 15 is 0 Å². The Kier molecular flexibility index (Phi) is 4.15. The normalized spacial score (nSPS) is 21.8. The summed E-state index contributed by atoms with van der Waals surface area (Å²) in [6.07, 6.45) is 1.23. The van der Waals surface area contributed by atoms with Crippen molar-refractivity contribution < 1.29 is 18.3 Å². The molecular weight excluding hydrogens is 334 g/mol. The SMILES string of the molecule is O=C(NC1CCCS(=O)(=O)C1)c1ccc(Br)c(O)c1. The lowest BCUT2D eigenvalue weighted by atomic mass is 10.1. The smallest absolute Gasteiger partial charge is 0.251 e. The summed E-state index contributed by atoms with van der Waals surface area (Å²) < 4.78 is 23.5. The Morgan fingerprint density at radius 3 is 2.79 bits per heavy atom. The van der Waals surface area contributed by atoms with Gasteiger partial charge >= 0.3 is 0 Å². The fourth-order valence-corrected chi connectivity index (χ4v) is 3.94. The second-order valence-corrected chi connectivity index (χ2v) is 7.68. The Labute approximate surface area is 120 Å². The van der Waals surface area contributed by atoms with E-state index < -0.39 is 9.84 Å². The molecule has 0 bridgehead atoms. The number of carbonyl (C=O) groups is 1. The zero-order chi connectivity index (χ0) is 14.0. The van der Waals surface area contributed by atoms with Gasteiger partial charge in [-0.1, -0.05) is 0 Å². The monoisotopic (exact) mass is 347 g/mol. The van der Waals surface area contributed by atoms with E-state index in [1.165, 1.54) is 6.07 Å². The summed E-state index contributed by atoms with van der Waals surface area (Å²) in [6.45, 7) is 0. The fourth-order valence-electron chi connectivity index (χ4n) is 2.06. The summed E-state index contributed by atoms with van der Waals surface area (Å²) in [7, 11) is -3.05. The highest BCUT2D eigenvalue weighted by Gasteiger charge is 2.26. The zero-order valence-corrected chi connectivity index (χ0v) is 12.5. The van der Waals surface area contributed by atoms with Crippen molar-refractivity contribution in [3.8, 4) is 5.75 Å². The zero-order valence-electron chi connectivity index (χ0n) is 10.1. The predicted octanol–water partition coefficient (Wildman–Crippen LogP) is 1.46. The molecule has 0 aliphatic carbocycles. The molecule has 0 spiro atoms. The van der Waals surface area contributed by atoms with Gasteiger partial charge in [0, 0.05) is 11.6 Å². The highest BCUT2D eigenvalue weighted by Crippen LogP contribution is 2.24. The number of amides is 1. The van der Waals surface area contributed by atoms with Crippen LogP contribution < -0.4 is 5.32 Å². The summed E-state index contributed by atoms with van der Waals surface area (Å²) >= 11 is 3.13. The number of sulfone groups is 1. The van der Waals surface area contributed by atoms with Crippen LogP contribution in [0.4, 0.5) is 0 Å². The van der Waals surface area contributed by atoms with Crippen LogP contribution in [0.5, 0.6) is 5.75 Å². The van der Waals surface area contributed by atoms with Crippen LogP contribution >= 0.6 is 15.9 Å². The van der Waals surface area contributed by atoms with Crippen molar-refractivity contribution in [1.82, 2.24) is 5.32 Å². The van der Waals surface area contributed by atoms with E-state index in [0.717, 1.165) is 0 Å². The van der Waals surface area contributed by atoms with E-state index in [-0.39, 0.29) is 29.2 Å². The molecule has 19 heavy (non-hydrogen) atoms. The molecule has 0 aromatic heterocycles. The molecule has 1 heterocycles. The van der Waals surface area contributed by atoms with Crippen molar-refractivity contribution in [1.29, 1.82) is 0 Å². The summed E-state index contributed by atoms with van der Waals surface area (Å²) in [5.74, 6) is -0.214. The van der Waals surface area contributed by atoms with Gasteiger partial charge in [-0.15, -0.1) is 0 Å². The Hall–Kier alpha value is -1.08. The molecule has 1 fully saturated rings. The van der Waals surface area contributed by atoms with Gasteiger partial charge in [-0.05, 0) is 47.0 Å². The van der Waals surface area contributed by atoms with Gasteiger partial charge in [0.25, 0.3) is 5.91 Å². The lowest BCUT2D eigenvalue weighted by Gasteiger charge is -2.23. The van der Waals surface area contributed by atoms with E-state index in [4.69, 9.17) is 0 Å². The van der Waals surface area contributed by atoms with Crippen molar-refractivity contribution in [2.75, 3.05) is 11.5 Å². The number of phenolic OH excluding ortho intramolecular Hbond substituents is 1. The minimum absolute atomic E-state index is 0.0126. The number of hydrogen-bond donors (Lipinski definition) is 2. The maximum absolute atomic E-state index is 12.0. The van der Waals surface area contributed by atoms with Crippen LogP contribution in [0.2, 0.25) is 0 Å². The summed E-state index contributed by atoms with van der Waals surface area (Å²) in [5, 5.41) is 12.2. The van der Waals surface area contributed by atoms with Crippen LogP contribution in [0.1, 0.15) is 23.2 Å². The quantitative estimate of drug-likeness (QED) is 0.848. The van der Waals surface area contributed by atoms with Gasteiger partial charge in [0.15, 0.2) is 9.84 Å². The number of hydrogen-bond acceptors (Lipinski definition) is 4. The third-order valence-electron chi connectivity index (χ3n) is 3.01. The minimum atomic E-state index is -3.05. The Morgan fingerprint density at radius 2 is 2.16 bits per heavy atom. The molecule has 1 amide bonds. The molecule has 1 aromatic carbocycles. The number of nitrogens with one attached hydrogen (secondary N) is 1. The molecule has 7 heteroatoms. The van der Waals surface area contributed by atoms with Crippen LogP contribution in [0.3, 0.4) is 0 Å². The highest BCUT2D eigenvalue weighted by molar-refractivity contribution is 9.10. The van der Waals surface area contributed by atoms with Crippen LogP contribution in [0, 0.1) is 0 Å². The summed E-state index contributed by atoms with van der Waals surface area (Å²) in [5.41, 5.74) is 0.309. The van der Waals surface area contributed by atoms with Gasteiger partial charge in [-0.3, -0.25) is 4.79 Å². The predicted molar refractivity (Wildman–Crippen MR) is 74.9 cm³/mol. The summed E-state index contributed by atoms with van der Waals surface area (Å²) in [6, 6.07) is 4.13. The second-order valence-electron chi connectivity index (χ2n) is 4.59. The van der Waals surface area contributed by atoms with Gasteiger partial charge in [0.2, 0.25) is 0 Å². The van der Waals surface area contributed by atoms with Gasteiger partial charge in [-0.2, -0.15) is 0 Å². The lowest BCUT2D eigenvalue weighted by Crippen LogP contribution is -2.43. The van der Waals surface area contributed by atoms with Crippen molar-refractivity contribution in [3.63, 3.8) is 0 Å². The Morgan fingerprint density at radius 1 is 1.42 bits per heavy atom. The summed E-state index contributed by atoms with van der Waals surface area (Å²) in [4.78, 5) is 12.0. The molecule has 1 aliphatic heterocycles. The van der Waals surface area contributed by atoms with Crippen molar-refractivity contribution >= 4 is 31.7 Å². The van der Waals surface area contributed by atoms with Crippen molar-refractivity contribution in [2.24, 2.45) is 0 Å². The highest BCUT2D eigenvalue weighted by atomic mass is 79.9. The van der Waals surface area contributed by atoms with E-state index in [2.05, 4.69) is 21.2 Å². The molecule has 1 aromatic rings. The van der Waals surface area contributed by atoms with Crippen LogP contribution in [0.15, 0.2) is 22.7 Å². The number of rotatable bonds is 2. The topological polar surface area (TPSA) is 83.5 Å². The minimum Gasteiger partial charge on any atom is -0.507 e. The largest absolute Gasteiger partial charge is 0.507 e. The molecule has 5 nitrogen and oxygen atoms in total. The third-order valence-corrected chi connectivity index (χ3v) is 5.50. The maximum atomic E-state index is 12.0. The second kappa shape index (κ2) is 5.50. The molecule has 0 saturated carbocycles. The number of benzene rings is 1. The van der Waals surface area contributed by atoms with Gasteiger partial charge in [0.1, 0.15) is 5.75 Å². The number of carbonyl (C=O) groups excluding carboxylic acids is 1. The van der Waals surface area contributed by atoms with Crippen LogP contribution in [0.25, 0.3) is 0 Å². The molecule has 1 atom stereocenters. The molecule has 104 valence electrons. The molecule has 1 saturated heterocycles. The molecular formula is C12H14BrNO4S. The Balaban J connectivity index is 2.06. The first kappa shape index (κ1) is 14.3. The average Bonchev–Trinajstić information content (AvgIpc) is 2.31. The van der Waals surface area contributed by atoms with Crippen LogP contribution in [-0.4, -0.2) is 37.0 Å². The Bertz CT molecular complexity index is 600. The van der Waals surface area contributed by atoms with E-state index in [1.807, 2.05) is 0 Å². The van der Waals surface area contributed by atoms with Gasteiger partial charge < -0.3 is 10.4 Å². The first-order chi connectivity index (χ1) is 8.87. The molecule has 2 rings (SSSR count). The average molecular weight is 348 g/mol. The standard InChI is InChI=1S/C12H14BrNO4S/c13-10-4-3-8(6-11(10)15)12(16)14-9-2-1-5-19(17,18)7-9/h3-4,6,9,15H,1-2,5,7H2,(H,14,16). The number of phenols is 1. The first-order valence-electron chi connectivity index (χ1n) is 5.87. The van der Waals surface area contributed by atoms with Crippen molar-refractivity contribution in [3.05, 3.63) is 28.2 Å². The van der Waals surface area contributed by atoms with E-state index in [0.29, 0.717) is 22.9 Å². The van der Waals surface area contributed by atoms with E-state index in [9.17, 15) is 18.3 Å². The molecule has 2 N–H and O–H groups in total. The molecule has 1 aliphatic rings. The molecule has 1 unspecified atom stereocenters.